The zero-order chi connectivity index (χ0) is 15.2. The number of ether oxygens (including phenoxy) is 4. The van der Waals surface area contributed by atoms with Crippen molar-refractivity contribution in [3.63, 3.8) is 0 Å². The Kier molecular flexibility index (Phi) is 5.73. The second kappa shape index (κ2) is 7.54. The molecule has 0 N–H and O–H groups in total. The fraction of sp³-hybridized carbons (Fsp3) is 0.562. The summed E-state index contributed by atoms with van der Waals surface area (Å²) < 4.78 is 22.2. The van der Waals surface area contributed by atoms with E-state index in [0.29, 0.717) is 13.0 Å². The Bertz CT molecular complexity index is 447. The Morgan fingerprint density at radius 2 is 2.05 bits per heavy atom. The molecule has 0 aromatic heterocycles. The number of rotatable bonds is 5. The van der Waals surface area contributed by atoms with E-state index in [0.717, 1.165) is 5.56 Å². The SMILES string of the molecule is CO[C@@H]1C[C@@H](OCc2ccccc2)[C@@H](OC(C)=O)[C@@H](C)O1. The maximum Gasteiger partial charge on any atom is 0.303 e. The monoisotopic (exact) mass is 294 g/mol. The molecule has 4 atom stereocenters. The quantitative estimate of drug-likeness (QED) is 0.780. The van der Waals surface area contributed by atoms with Crippen LogP contribution in [-0.2, 0) is 30.3 Å². The average Bonchev–Trinajstić information content (AvgIpc) is 2.48. The molecule has 1 fully saturated rings. The van der Waals surface area contributed by atoms with Crippen LogP contribution in [0, 0.1) is 0 Å². The first-order chi connectivity index (χ1) is 10.1. The molecular weight excluding hydrogens is 272 g/mol. The molecule has 0 radical (unpaired) electrons. The van der Waals surface area contributed by atoms with Crippen molar-refractivity contribution < 1.29 is 23.7 Å². The van der Waals surface area contributed by atoms with Gasteiger partial charge in [-0.25, -0.2) is 0 Å². The van der Waals surface area contributed by atoms with Gasteiger partial charge < -0.3 is 18.9 Å². The van der Waals surface area contributed by atoms with Gasteiger partial charge in [0.1, 0.15) is 6.10 Å². The van der Waals surface area contributed by atoms with Crippen molar-refractivity contribution in [3.8, 4) is 0 Å². The van der Waals surface area contributed by atoms with E-state index in [9.17, 15) is 4.79 Å². The second-order valence-electron chi connectivity index (χ2n) is 5.15. The van der Waals surface area contributed by atoms with Crippen LogP contribution in [0.15, 0.2) is 30.3 Å². The van der Waals surface area contributed by atoms with Crippen molar-refractivity contribution in [2.45, 2.75) is 51.5 Å². The molecule has 1 aliphatic rings. The number of benzene rings is 1. The molecule has 0 unspecified atom stereocenters. The number of carbonyl (C=O) groups is 1. The minimum atomic E-state index is -0.419. The lowest BCUT2D eigenvalue weighted by molar-refractivity contribution is -0.253. The van der Waals surface area contributed by atoms with Gasteiger partial charge in [-0.15, -0.1) is 0 Å². The van der Waals surface area contributed by atoms with Gasteiger partial charge in [0.15, 0.2) is 12.4 Å². The van der Waals surface area contributed by atoms with E-state index >= 15 is 0 Å². The molecule has 0 amide bonds. The fourth-order valence-electron chi connectivity index (χ4n) is 2.45. The highest BCUT2D eigenvalue weighted by atomic mass is 16.7. The predicted molar refractivity (Wildman–Crippen MR) is 76.5 cm³/mol. The van der Waals surface area contributed by atoms with Crippen molar-refractivity contribution in [2.75, 3.05) is 7.11 Å². The molecule has 1 saturated heterocycles. The summed E-state index contributed by atoms with van der Waals surface area (Å²) in [5, 5.41) is 0. The molecule has 2 rings (SSSR count). The molecule has 5 nitrogen and oxygen atoms in total. The lowest BCUT2D eigenvalue weighted by Crippen LogP contribution is -2.50. The lowest BCUT2D eigenvalue weighted by atomic mass is 10.0. The standard InChI is InChI=1S/C16H22O5/c1-11-16(21-12(2)17)14(9-15(18-3)20-11)19-10-13-7-5-4-6-8-13/h4-8,11,14-16H,9-10H2,1-3H3/t11-,14-,15+,16+/m1/s1. The number of methoxy groups -OCH3 is 1. The topological polar surface area (TPSA) is 54.0 Å². The lowest BCUT2D eigenvalue weighted by Gasteiger charge is -2.39. The molecule has 0 spiro atoms. The van der Waals surface area contributed by atoms with Crippen LogP contribution in [0.3, 0.4) is 0 Å². The summed E-state index contributed by atoms with van der Waals surface area (Å²) in [5.41, 5.74) is 1.08. The van der Waals surface area contributed by atoms with Crippen molar-refractivity contribution in [1.29, 1.82) is 0 Å². The summed E-state index contributed by atoms with van der Waals surface area (Å²) in [4.78, 5) is 11.3. The van der Waals surface area contributed by atoms with Crippen LogP contribution in [0.1, 0.15) is 25.8 Å². The van der Waals surface area contributed by atoms with Crippen LogP contribution in [-0.4, -0.2) is 37.7 Å². The van der Waals surface area contributed by atoms with Gasteiger partial charge in [-0.1, -0.05) is 30.3 Å². The van der Waals surface area contributed by atoms with Crippen LogP contribution >= 0.6 is 0 Å². The zero-order valence-corrected chi connectivity index (χ0v) is 12.7. The van der Waals surface area contributed by atoms with E-state index in [1.807, 2.05) is 37.3 Å². The van der Waals surface area contributed by atoms with E-state index in [2.05, 4.69) is 0 Å². The highest BCUT2D eigenvalue weighted by Crippen LogP contribution is 2.26. The van der Waals surface area contributed by atoms with Crippen LogP contribution in [0.2, 0.25) is 0 Å². The van der Waals surface area contributed by atoms with Gasteiger partial charge in [0.2, 0.25) is 0 Å². The second-order valence-corrected chi connectivity index (χ2v) is 5.15. The van der Waals surface area contributed by atoms with E-state index in [4.69, 9.17) is 18.9 Å². The van der Waals surface area contributed by atoms with Gasteiger partial charge in [-0.3, -0.25) is 4.79 Å². The predicted octanol–water partition coefficient (Wildman–Crippen LogP) is 2.28. The molecule has 5 heteroatoms. The summed E-state index contributed by atoms with van der Waals surface area (Å²) in [6, 6.07) is 9.89. The summed E-state index contributed by atoms with van der Waals surface area (Å²) >= 11 is 0. The van der Waals surface area contributed by atoms with Gasteiger partial charge in [0, 0.05) is 20.5 Å². The fourth-order valence-corrected chi connectivity index (χ4v) is 2.45. The highest BCUT2D eigenvalue weighted by Gasteiger charge is 2.39. The van der Waals surface area contributed by atoms with Crippen molar-refractivity contribution in [2.24, 2.45) is 0 Å². The highest BCUT2D eigenvalue weighted by molar-refractivity contribution is 5.66. The average molecular weight is 294 g/mol. The number of esters is 1. The Hall–Kier alpha value is -1.43. The Morgan fingerprint density at radius 1 is 1.33 bits per heavy atom. The minimum Gasteiger partial charge on any atom is -0.457 e. The molecule has 1 aromatic carbocycles. The normalized spacial score (nSPS) is 29.1. The molecular formula is C16H22O5. The molecule has 116 valence electrons. The molecule has 0 bridgehead atoms. The summed E-state index contributed by atoms with van der Waals surface area (Å²) in [6.07, 6.45) is -0.743. The van der Waals surface area contributed by atoms with Crippen LogP contribution in [0.5, 0.6) is 0 Å². The van der Waals surface area contributed by atoms with Gasteiger partial charge in [0.25, 0.3) is 0 Å². The van der Waals surface area contributed by atoms with Crippen molar-refractivity contribution in [3.05, 3.63) is 35.9 Å². The van der Waals surface area contributed by atoms with Gasteiger partial charge >= 0.3 is 5.97 Å². The molecule has 1 aliphatic heterocycles. The third-order valence-electron chi connectivity index (χ3n) is 3.49. The summed E-state index contributed by atoms with van der Waals surface area (Å²) in [5.74, 6) is -0.334. The largest absolute Gasteiger partial charge is 0.457 e. The first-order valence-electron chi connectivity index (χ1n) is 7.11. The molecule has 21 heavy (non-hydrogen) atoms. The van der Waals surface area contributed by atoms with Gasteiger partial charge in [0.05, 0.1) is 12.7 Å². The van der Waals surface area contributed by atoms with Crippen LogP contribution in [0.25, 0.3) is 0 Å². The van der Waals surface area contributed by atoms with Gasteiger partial charge in [-0.05, 0) is 12.5 Å². The summed E-state index contributed by atoms with van der Waals surface area (Å²) in [7, 11) is 1.60. The van der Waals surface area contributed by atoms with Gasteiger partial charge in [-0.2, -0.15) is 0 Å². The van der Waals surface area contributed by atoms with Crippen LogP contribution < -0.4 is 0 Å². The Morgan fingerprint density at radius 3 is 2.67 bits per heavy atom. The molecule has 0 saturated carbocycles. The van der Waals surface area contributed by atoms with Crippen LogP contribution in [0.4, 0.5) is 0 Å². The third kappa shape index (κ3) is 4.52. The molecule has 1 heterocycles. The number of carbonyl (C=O) groups excluding carboxylic acids is 1. The number of hydrogen-bond acceptors (Lipinski definition) is 5. The van der Waals surface area contributed by atoms with E-state index in [-0.39, 0.29) is 24.5 Å². The van der Waals surface area contributed by atoms with Crippen molar-refractivity contribution in [1.82, 2.24) is 0 Å². The maximum atomic E-state index is 11.3. The molecule has 1 aromatic rings. The third-order valence-corrected chi connectivity index (χ3v) is 3.49. The Labute approximate surface area is 125 Å². The maximum absolute atomic E-state index is 11.3. The summed E-state index contributed by atoms with van der Waals surface area (Å²) in [6.45, 7) is 3.72. The van der Waals surface area contributed by atoms with Crippen molar-refractivity contribution >= 4 is 5.97 Å². The molecule has 0 aliphatic carbocycles. The minimum absolute atomic E-state index is 0.247. The van der Waals surface area contributed by atoms with E-state index in [1.54, 1.807) is 7.11 Å². The first kappa shape index (κ1) is 15.9. The van der Waals surface area contributed by atoms with E-state index < -0.39 is 6.10 Å². The van der Waals surface area contributed by atoms with E-state index in [1.165, 1.54) is 6.92 Å². The zero-order valence-electron chi connectivity index (χ0n) is 12.7. The Balaban J connectivity index is 2.01. The first-order valence-corrected chi connectivity index (χ1v) is 7.11. The smallest absolute Gasteiger partial charge is 0.303 e. The number of hydrogen-bond donors (Lipinski definition) is 0.